The summed E-state index contributed by atoms with van der Waals surface area (Å²) < 4.78 is 18.1. The molecule has 0 N–H and O–H groups in total. The predicted molar refractivity (Wildman–Crippen MR) is 120 cm³/mol. The minimum atomic E-state index is -0.413. The van der Waals surface area contributed by atoms with Crippen LogP contribution in [0.2, 0.25) is 0 Å². The molecular weight excluding hydrogens is 472 g/mol. The number of fused-ring (bicyclic) bond motifs is 1. The number of esters is 1. The molecule has 0 radical (unpaired) electrons. The zero-order chi connectivity index (χ0) is 21.5. The fourth-order valence-corrected chi connectivity index (χ4v) is 3.99. The highest BCUT2D eigenvalue weighted by Gasteiger charge is 2.12. The lowest BCUT2D eigenvalue weighted by atomic mass is 10.2. The van der Waals surface area contributed by atoms with E-state index in [1.54, 1.807) is 42.0 Å². The van der Waals surface area contributed by atoms with Gasteiger partial charge in [-0.15, -0.1) is 0 Å². The molecule has 30 heavy (non-hydrogen) atoms. The number of benzene rings is 2. The average Bonchev–Trinajstić information content (AvgIpc) is 2.76. The van der Waals surface area contributed by atoms with Crippen molar-refractivity contribution in [3.8, 4) is 5.75 Å². The molecule has 0 amide bonds. The molecule has 0 saturated heterocycles. The summed E-state index contributed by atoms with van der Waals surface area (Å²) in [5.41, 5.74) is 0.969. The monoisotopic (exact) mass is 492 g/mol. The minimum absolute atomic E-state index is 0.104. The maximum Gasteiger partial charge on any atom is 0.337 e. The summed E-state index contributed by atoms with van der Waals surface area (Å²) in [6.45, 7) is 1.20. The Kier molecular flexibility index (Phi) is 7.89. The highest BCUT2D eigenvalue weighted by atomic mass is 79.9. The quantitative estimate of drug-likeness (QED) is 0.194. The fraction of sp³-hybridized carbons (Fsp3) is 0.286. The number of hydrogen-bond acceptors (Lipinski definition) is 7. The van der Waals surface area contributed by atoms with Gasteiger partial charge in [-0.2, -0.15) is 0 Å². The first-order chi connectivity index (χ1) is 14.5. The number of rotatable bonds is 9. The lowest BCUT2D eigenvalue weighted by molar-refractivity contribution is 0.0600. The van der Waals surface area contributed by atoms with E-state index in [1.165, 1.54) is 18.9 Å². The lowest BCUT2D eigenvalue weighted by Gasteiger charge is -2.13. The number of aromatic nitrogens is 2. The number of carbonyl (C=O) groups is 1. The molecule has 0 aliphatic carbocycles. The van der Waals surface area contributed by atoms with Crippen molar-refractivity contribution in [2.75, 3.05) is 33.2 Å². The van der Waals surface area contributed by atoms with Crippen molar-refractivity contribution in [3.05, 3.63) is 62.9 Å². The molecular formula is C21H21BrN2O5S. The van der Waals surface area contributed by atoms with Gasteiger partial charge in [0.15, 0.2) is 5.16 Å². The topological polar surface area (TPSA) is 79.7 Å². The number of hydrogen-bond donors (Lipinski definition) is 0. The van der Waals surface area contributed by atoms with Crippen molar-refractivity contribution in [2.45, 2.75) is 11.7 Å². The Morgan fingerprint density at radius 2 is 2.00 bits per heavy atom. The molecule has 7 nitrogen and oxygen atoms in total. The molecule has 2 aromatic carbocycles. The first kappa shape index (κ1) is 22.3. The number of methoxy groups -OCH3 is 2. The molecule has 0 bridgehead atoms. The van der Waals surface area contributed by atoms with Crippen molar-refractivity contribution >= 4 is 44.6 Å². The lowest BCUT2D eigenvalue weighted by Crippen LogP contribution is -2.25. The smallest absolute Gasteiger partial charge is 0.337 e. The van der Waals surface area contributed by atoms with Gasteiger partial charge in [-0.1, -0.05) is 33.8 Å². The van der Waals surface area contributed by atoms with E-state index in [9.17, 15) is 9.59 Å². The van der Waals surface area contributed by atoms with Crippen LogP contribution in [0.15, 0.2) is 56.9 Å². The van der Waals surface area contributed by atoms with Gasteiger partial charge < -0.3 is 14.2 Å². The normalized spacial score (nSPS) is 10.9. The number of thioether (sulfide) groups is 1. The maximum absolute atomic E-state index is 12.9. The van der Waals surface area contributed by atoms with E-state index >= 15 is 0 Å². The molecule has 1 aromatic heterocycles. The van der Waals surface area contributed by atoms with Gasteiger partial charge in [-0.05, 0) is 36.4 Å². The van der Waals surface area contributed by atoms with Gasteiger partial charge in [0.05, 0.1) is 43.3 Å². The third kappa shape index (κ3) is 5.41. The van der Waals surface area contributed by atoms with Crippen molar-refractivity contribution < 1.29 is 19.0 Å². The van der Waals surface area contributed by atoms with Crippen LogP contribution in [0.1, 0.15) is 10.4 Å². The SMILES string of the molecule is COCCn1c(SCCOc2cccc(C(=O)OC)c2)nc2ccc(Br)cc2c1=O. The Morgan fingerprint density at radius 3 is 2.77 bits per heavy atom. The van der Waals surface area contributed by atoms with Crippen molar-refractivity contribution in [1.82, 2.24) is 9.55 Å². The minimum Gasteiger partial charge on any atom is -0.493 e. The predicted octanol–water partition coefficient (Wildman–Crippen LogP) is 3.76. The summed E-state index contributed by atoms with van der Waals surface area (Å²) in [4.78, 5) is 29.2. The molecule has 3 aromatic rings. The van der Waals surface area contributed by atoms with Gasteiger partial charge in [0.1, 0.15) is 5.75 Å². The van der Waals surface area contributed by atoms with Gasteiger partial charge in [-0.3, -0.25) is 9.36 Å². The second kappa shape index (κ2) is 10.6. The Labute approximate surface area is 186 Å². The second-order valence-electron chi connectivity index (χ2n) is 6.22. The highest BCUT2D eigenvalue weighted by molar-refractivity contribution is 9.10. The molecule has 158 valence electrons. The Hall–Kier alpha value is -2.36. The van der Waals surface area contributed by atoms with Gasteiger partial charge in [0.2, 0.25) is 0 Å². The van der Waals surface area contributed by atoms with Crippen molar-refractivity contribution in [2.24, 2.45) is 0 Å². The van der Waals surface area contributed by atoms with Crippen molar-refractivity contribution in [1.29, 1.82) is 0 Å². The van der Waals surface area contributed by atoms with Crippen LogP contribution in [0.5, 0.6) is 5.75 Å². The number of ether oxygens (including phenoxy) is 3. The maximum atomic E-state index is 12.9. The van der Waals surface area contributed by atoms with E-state index in [4.69, 9.17) is 14.2 Å². The Balaban J connectivity index is 1.73. The van der Waals surface area contributed by atoms with E-state index in [1.807, 2.05) is 12.1 Å². The second-order valence-corrected chi connectivity index (χ2v) is 8.20. The van der Waals surface area contributed by atoms with Crippen LogP contribution in [-0.4, -0.2) is 48.7 Å². The third-order valence-electron chi connectivity index (χ3n) is 4.24. The van der Waals surface area contributed by atoms with E-state index in [2.05, 4.69) is 20.9 Å². The first-order valence-electron chi connectivity index (χ1n) is 9.16. The van der Waals surface area contributed by atoms with Crippen LogP contribution in [0, 0.1) is 0 Å². The van der Waals surface area contributed by atoms with Gasteiger partial charge in [0, 0.05) is 17.3 Å². The number of carbonyl (C=O) groups excluding carboxylic acids is 1. The van der Waals surface area contributed by atoms with Gasteiger partial charge in [-0.25, -0.2) is 9.78 Å². The van der Waals surface area contributed by atoms with Crippen LogP contribution >= 0.6 is 27.7 Å². The zero-order valence-corrected chi connectivity index (χ0v) is 19.0. The zero-order valence-electron chi connectivity index (χ0n) is 16.6. The summed E-state index contributed by atoms with van der Waals surface area (Å²) in [5, 5.41) is 1.17. The highest BCUT2D eigenvalue weighted by Crippen LogP contribution is 2.21. The molecule has 0 saturated carbocycles. The van der Waals surface area contributed by atoms with E-state index in [0.717, 1.165) is 4.47 Å². The molecule has 9 heteroatoms. The average molecular weight is 493 g/mol. The number of nitrogens with zero attached hydrogens (tertiary/aromatic N) is 2. The van der Waals surface area contributed by atoms with Crippen LogP contribution in [0.25, 0.3) is 10.9 Å². The third-order valence-corrected chi connectivity index (χ3v) is 5.67. The molecule has 0 spiro atoms. The fourth-order valence-electron chi connectivity index (χ4n) is 2.79. The molecule has 0 aliphatic rings. The summed E-state index contributed by atoms with van der Waals surface area (Å²) >= 11 is 4.84. The summed E-state index contributed by atoms with van der Waals surface area (Å²) in [6.07, 6.45) is 0. The van der Waals surface area contributed by atoms with E-state index in [0.29, 0.717) is 52.9 Å². The molecule has 1 heterocycles. The van der Waals surface area contributed by atoms with Crippen LogP contribution < -0.4 is 10.3 Å². The molecule has 0 unspecified atom stereocenters. The van der Waals surface area contributed by atoms with Crippen LogP contribution in [-0.2, 0) is 16.0 Å². The molecule has 0 aliphatic heterocycles. The summed E-state index contributed by atoms with van der Waals surface area (Å²) in [7, 11) is 2.93. The largest absolute Gasteiger partial charge is 0.493 e. The van der Waals surface area contributed by atoms with E-state index in [-0.39, 0.29) is 5.56 Å². The number of halogens is 1. The summed E-state index contributed by atoms with van der Waals surface area (Å²) in [5.74, 6) is 0.736. The molecule has 3 rings (SSSR count). The molecule has 0 fully saturated rings. The standard InChI is InChI=1S/C21H21BrN2O5S/c1-27-9-8-24-19(25)17-13-15(22)6-7-18(17)23-21(24)30-11-10-29-16-5-3-4-14(12-16)20(26)28-2/h3-7,12-13H,8-11H2,1-2H3. The summed E-state index contributed by atoms with van der Waals surface area (Å²) in [6, 6.07) is 12.3. The van der Waals surface area contributed by atoms with Gasteiger partial charge in [0.25, 0.3) is 5.56 Å². The van der Waals surface area contributed by atoms with Crippen LogP contribution in [0.4, 0.5) is 0 Å². The molecule has 0 atom stereocenters. The Bertz CT molecular complexity index is 1100. The van der Waals surface area contributed by atoms with E-state index < -0.39 is 5.97 Å². The first-order valence-corrected chi connectivity index (χ1v) is 10.9. The van der Waals surface area contributed by atoms with Gasteiger partial charge >= 0.3 is 5.97 Å². The Morgan fingerprint density at radius 1 is 1.17 bits per heavy atom. The van der Waals surface area contributed by atoms with Crippen molar-refractivity contribution in [3.63, 3.8) is 0 Å². The van der Waals surface area contributed by atoms with Crippen LogP contribution in [0.3, 0.4) is 0 Å².